The van der Waals surface area contributed by atoms with Crippen molar-refractivity contribution in [3.63, 3.8) is 0 Å². The number of amides is 1. The summed E-state index contributed by atoms with van der Waals surface area (Å²) < 4.78 is 17.9. The Kier molecular flexibility index (Phi) is 5.12. The molecule has 0 radical (unpaired) electrons. The average molecular weight is 322 g/mol. The van der Waals surface area contributed by atoms with Crippen LogP contribution in [0.3, 0.4) is 0 Å². The van der Waals surface area contributed by atoms with Gasteiger partial charge in [-0.3, -0.25) is 4.79 Å². The number of esters is 1. The predicted molar refractivity (Wildman–Crippen MR) is 81.4 cm³/mol. The fourth-order valence-corrected chi connectivity index (χ4v) is 1.89. The van der Waals surface area contributed by atoms with Gasteiger partial charge in [0.15, 0.2) is 6.10 Å². The van der Waals surface area contributed by atoms with Crippen molar-refractivity contribution >= 4 is 29.2 Å². The Morgan fingerprint density at radius 1 is 1.14 bits per heavy atom. The number of benzene rings is 2. The molecule has 0 aliphatic rings. The first-order valence-electron chi connectivity index (χ1n) is 6.49. The molecular formula is C16H13ClFNO3. The van der Waals surface area contributed by atoms with Gasteiger partial charge in [0.25, 0.3) is 5.91 Å². The summed E-state index contributed by atoms with van der Waals surface area (Å²) in [5.74, 6) is -1.62. The van der Waals surface area contributed by atoms with Crippen LogP contribution in [0, 0.1) is 5.82 Å². The SMILES string of the molecule is CC(OC(=O)c1ccccc1Cl)C(=O)Nc1ccc(F)cc1. The van der Waals surface area contributed by atoms with Gasteiger partial charge in [0.1, 0.15) is 5.82 Å². The van der Waals surface area contributed by atoms with E-state index in [2.05, 4.69) is 5.32 Å². The number of nitrogens with one attached hydrogen (secondary N) is 1. The van der Waals surface area contributed by atoms with Crippen molar-refractivity contribution in [1.82, 2.24) is 0 Å². The fraction of sp³-hybridized carbons (Fsp3) is 0.125. The van der Waals surface area contributed by atoms with Gasteiger partial charge in [-0.2, -0.15) is 0 Å². The molecule has 114 valence electrons. The highest BCUT2D eigenvalue weighted by atomic mass is 35.5. The maximum absolute atomic E-state index is 12.8. The molecule has 6 heteroatoms. The molecule has 1 N–H and O–H groups in total. The molecule has 4 nitrogen and oxygen atoms in total. The molecular weight excluding hydrogens is 309 g/mol. The summed E-state index contributed by atoms with van der Waals surface area (Å²) in [6.45, 7) is 1.44. The van der Waals surface area contributed by atoms with E-state index in [9.17, 15) is 14.0 Å². The number of hydrogen-bond acceptors (Lipinski definition) is 3. The molecule has 2 rings (SSSR count). The van der Waals surface area contributed by atoms with Gasteiger partial charge in [-0.1, -0.05) is 23.7 Å². The zero-order valence-electron chi connectivity index (χ0n) is 11.7. The first-order chi connectivity index (χ1) is 10.5. The maximum atomic E-state index is 12.8. The number of carbonyl (C=O) groups excluding carboxylic acids is 2. The lowest BCUT2D eigenvalue weighted by Crippen LogP contribution is -2.30. The van der Waals surface area contributed by atoms with Gasteiger partial charge >= 0.3 is 5.97 Å². The van der Waals surface area contributed by atoms with E-state index in [1.54, 1.807) is 18.2 Å². The third kappa shape index (κ3) is 4.05. The van der Waals surface area contributed by atoms with E-state index in [4.69, 9.17) is 16.3 Å². The number of ether oxygens (including phenoxy) is 1. The Balaban J connectivity index is 1.98. The predicted octanol–water partition coefficient (Wildman–Crippen LogP) is 3.66. The van der Waals surface area contributed by atoms with E-state index >= 15 is 0 Å². The smallest absolute Gasteiger partial charge is 0.340 e. The summed E-state index contributed by atoms with van der Waals surface area (Å²) >= 11 is 5.89. The Hall–Kier alpha value is -2.40. The van der Waals surface area contributed by atoms with E-state index in [-0.39, 0.29) is 10.6 Å². The quantitative estimate of drug-likeness (QED) is 0.874. The minimum absolute atomic E-state index is 0.186. The van der Waals surface area contributed by atoms with Crippen LogP contribution in [0.5, 0.6) is 0 Å². The standard InChI is InChI=1S/C16H13ClFNO3/c1-10(15(20)19-12-8-6-11(18)7-9-12)22-16(21)13-4-2-3-5-14(13)17/h2-10H,1H3,(H,19,20). The summed E-state index contributed by atoms with van der Waals surface area (Å²) in [6.07, 6.45) is -1.02. The summed E-state index contributed by atoms with van der Waals surface area (Å²) in [6, 6.07) is 11.7. The molecule has 1 atom stereocenters. The topological polar surface area (TPSA) is 55.4 Å². The molecule has 2 aromatic rings. The second kappa shape index (κ2) is 7.04. The van der Waals surface area contributed by atoms with Crippen molar-refractivity contribution in [2.45, 2.75) is 13.0 Å². The molecule has 0 saturated carbocycles. The largest absolute Gasteiger partial charge is 0.449 e. The van der Waals surface area contributed by atoms with Gasteiger partial charge in [-0.05, 0) is 43.3 Å². The van der Waals surface area contributed by atoms with Crippen molar-refractivity contribution in [1.29, 1.82) is 0 Å². The lowest BCUT2D eigenvalue weighted by molar-refractivity contribution is -0.123. The van der Waals surface area contributed by atoms with Crippen LogP contribution in [-0.2, 0) is 9.53 Å². The average Bonchev–Trinajstić information content (AvgIpc) is 2.49. The zero-order valence-corrected chi connectivity index (χ0v) is 12.4. The third-order valence-corrected chi connectivity index (χ3v) is 3.19. The van der Waals surface area contributed by atoms with Crippen molar-refractivity contribution in [3.05, 3.63) is 64.9 Å². The first-order valence-corrected chi connectivity index (χ1v) is 6.87. The van der Waals surface area contributed by atoms with Crippen LogP contribution in [-0.4, -0.2) is 18.0 Å². The van der Waals surface area contributed by atoms with Gasteiger partial charge in [0.05, 0.1) is 10.6 Å². The van der Waals surface area contributed by atoms with Gasteiger partial charge in [-0.25, -0.2) is 9.18 Å². The molecule has 22 heavy (non-hydrogen) atoms. The van der Waals surface area contributed by atoms with Gasteiger partial charge < -0.3 is 10.1 Å². The van der Waals surface area contributed by atoms with E-state index in [0.717, 1.165) is 0 Å². The lowest BCUT2D eigenvalue weighted by atomic mass is 10.2. The summed E-state index contributed by atoms with van der Waals surface area (Å²) in [4.78, 5) is 23.9. The van der Waals surface area contributed by atoms with Crippen LogP contribution in [0.4, 0.5) is 10.1 Å². The van der Waals surface area contributed by atoms with E-state index in [0.29, 0.717) is 5.69 Å². The lowest BCUT2D eigenvalue weighted by Gasteiger charge is -2.14. The number of rotatable bonds is 4. The van der Waals surface area contributed by atoms with Gasteiger partial charge in [-0.15, -0.1) is 0 Å². The van der Waals surface area contributed by atoms with E-state index < -0.39 is 23.8 Å². The van der Waals surface area contributed by atoms with Crippen molar-refractivity contribution in [2.24, 2.45) is 0 Å². The number of anilines is 1. The van der Waals surface area contributed by atoms with Crippen LogP contribution in [0.1, 0.15) is 17.3 Å². The van der Waals surface area contributed by atoms with Gasteiger partial charge in [0.2, 0.25) is 0 Å². The molecule has 1 unspecified atom stereocenters. The molecule has 0 aromatic heterocycles. The van der Waals surface area contributed by atoms with Crippen LogP contribution in [0.15, 0.2) is 48.5 Å². The van der Waals surface area contributed by atoms with E-state index in [1.165, 1.54) is 37.3 Å². The normalized spacial score (nSPS) is 11.6. The minimum atomic E-state index is -1.02. The van der Waals surface area contributed by atoms with E-state index in [1.807, 2.05) is 0 Å². The van der Waals surface area contributed by atoms with Crippen molar-refractivity contribution < 1.29 is 18.7 Å². The maximum Gasteiger partial charge on any atom is 0.340 e. The highest BCUT2D eigenvalue weighted by Crippen LogP contribution is 2.17. The molecule has 0 bridgehead atoms. The highest BCUT2D eigenvalue weighted by Gasteiger charge is 2.20. The molecule has 1 amide bonds. The van der Waals surface area contributed by atoms with Crippen molar-refractivity contribution in [3.8, 4) is 0 Å². The van der Waals surface area contributed by atoms with Crippen LogP contribution in [0.25, 0.3) is 0 Å². The van der Waals surface area contributed by atoms with Crippen LogP contribution >= 0.6 is 11.6 Å². The highest BCUT2D eigenvalue weighted by molar-refractivity contribution is 6.33. The molecule has 2 aromatic carbocycles. The Morgan fingerprint density at radius 3 is 2.41 bits per heavy atom. The second-order valence-electron chi connectivity index (χ2n) is 4.52. The monoisotopic (exact) mass is 321 g/mol. The van der Waals surface area contributed by atoms with Crippen molar-refractivity contribution in [2.75, 3.05) is 5.32 Å². The number of carbonyl (C=O) groups is 2. The molecule has 0 spiro atoms. The van der Waals surface area contributed by atoms with Crippen LogP contribution in [0.2, 0.25) is 5.02 Å². The molecule has 0 fully saturated rings. The zero-order chi connectivity index (χ0) is 16.1. The Labute approximate surface area is 131 Å². The Bertz CT molecular complexity index is 688. The summed E-state index contributed by atoms with van der Waals surface area (Å²) in [5, 5.41) is 2.77. The second-order valence-corrected chi connectivity index (χ2v) is 4.93. The number of halogens is 2. The molecule has 0 aliphatic heterocycles. The summed E-state index contributed by atoms with van der Waals surface area (Å²) in [7, 11) is 0. The summed E-state index contributed by atoms with van der Waals surface area (Å²) in [5.41, 5.74) is 0.595. The number of hydrogen-bond donors (Lipinski definition) is 1. The molecule has 0 heterocycles. The van der Waals surface area contributed by atoms with Crippen LogP contribution < -0.4 is 5.32 Å². The molecule has 0 aliphatic carbocycles. The molecule has 0 saturated heterocycles. The first kappa shape index (κ1) is 16.0. The Morgan fingerprint density at radius 2 is 1.77 bits per heavy atom. The fourth-order valence-electron chi connectivity index (χ4n) is 1.68. The third-order valence-electron chi connectivity index (χ3n) is 2.86. The van der Waals surface area contributed by atoms with Gasteiger partial charge in [0, 0.05) is 5.69 Å². The minimum Gasteiger partial charge on any atom is -0.449 e.